The number of hydrogen-bond acceptors (Lipinski definition) is 4. The summed E-state index contributed by atoms with van der Waals surface area (Å²) in [7, 11) is 1.46. The van der Waals surface area contributed by atoms with Crippen molar-refractivity contribution in [1.29, 1.82) is 0 Å². The van der Waals surface area contributed by atoms with Gasteiger partial charge in [0.05, 0.1) is 6.61 Å². The van der Waals surface area contributed by atoms with Crippen LogP contribution in [0.1, 0.15) is 26.2 Å². The fraction of sp³-hybridized carbons (Fsp3) is 0.800. The SMILES string of the molecule is CCCCOC(=O)C(CCOC)C(=O)O. The minimum Gasteiger partial charge on any atom is -0.481 e. The zero-order valence-corrected chi connectivity index (χ0v) is 9.19. The van der Waals surface area contributed by atoms with Crippen LogP contribution in [-0.2, 0) is 19.1 Å². The lowest BCUT2D eigenvalue weighted by molar-refractivity contribution is -0.159. The Morgan fingerprint density at radius 2 is 2.00 bits per heavy atom. The molecule has 0 aliphatic heterocycles. The number of carbonyl (C=O) groups is 2. The van der Waals surface area contributed by atoms with Gasteiger partial charge < -0.3 is 14.6 Å². The zero-order chi connectivity index (χ0) is 11.7. The van der Waals surface area contributed by atoms with Gasteiger partial charge in [-0.1, -0.05) is 13.3 Å². The lowest BCUT2D eigenvalue weighted by Crippen LogP contribution is -2.27. The second kappa shape index (κ2) is 8.23. The van der Waals surface area contributed by atoms with E-state index >= 15 is 0 Å². The molecule has 0 rings (SSSR count). The fourth-order valence-corrected chi connectivity index (χ4v) is 0.996. The molecule has 0 saturated carbocycles. The summed E-state index contributed by atoms with van der Waals surface area (Å²) >= 11 is 0. The molecule has 0 spiro atoms. The van der Waals surface area contributed by atoms with Gasteiger partial charge >= 0.3 is 11.9 Å². The molecule has 0 aromatic heterocycles. The number of carbonyl (C=O) groups excluding carboxylic acids is 1. The molecule has 0 aliphatic rings. The molecular weight excluding hydrogens is 200 g/mol. The molecule has 0 radical (unpaired) electrons. The Morgan fingerprint density at radius 1 is 1.33 bits per heavy atom. The van der Waals surface area contributed by atoms with Crippen LogP contribution in [0.5, 0.6) is 0 Å². The van der Waals surface area contributed by atoms with Gasteiger partial charge in [0, 0.05) is 13.7 Å². The number of rotatable bonds is 8. The average Bonchev–Trinajstić information content (AvgIpc) is 2.18. The summed E-state index contributed by atoms with van der Waals surface area (Å²) in [6.07, 6.45) is 1.81. The summed E-state index contributed by atoms with van der Waals surface area (Å²) in [6, 6.07) is 0. The van der Waals surface area contributed by atoms with E-state index in [2.05, 4.69) is 0 Å². The van der Waals surface area contributed by atoms with Crippen molar-refractivity contribution < 1.29 is 24.2 Å². The van der Waals surface area contributed by atoms with Crippen LogP contribution >= 0.6 is 0 Å². The summed E-state index contributed by atoms with van der Waals surface area (Å²) in [5, 5.41) is 8.77. The topological polar surface area (TPSA) is 72.8 Å². The quantitative estimate of drug-likeness (QED) is 0.375. The van der Waals surface area contributed by atoms with Crippen molar-refractivity contribution in [3.63, 3.8) is 0 Å². The minimum absolute atomic E-state index is 0.150. The standard InChI is InChI=1S/C10H18O5/c1-3-4-6-15-10(13)8(9(11)12)5-7-14-2/h8H,3-7H2,1-2H3,(H,11,12). The second-order valence-corrected chi connectivity index (χ2v) is 3.19. The number of carboxylic acids is 1. The number of hydrogen-bond donors (Lipinski definition) is 1. The molecule has 0 amide bonds. The first-order valence-corrected chi connectivity index (χ1v) is 5.01. The first-order chi connectivity index (χ1) is 7.13. The van der Waals surface area contributed by atoms with Crippen LogP contribution in [0.2, 0.25) is 0 Å². The lowest BCUT2D eigenvalue weighted by atomic mass is 10.1. The maximum Gasteiger partial charge on any atom is 0.320 e. The predicted molar refractivity (Wildman–Crippen MR) is 53.5 cm³/mol. The van der Waals surface area contributed by atoms with Crippen molar-refractivity contribution in [2.75, 3.05) is 20.3 Å². The van der Waals surface area contributed by atoms with Gasteiger partial charge in [0.25, 0.3) is 0 Å². The first kappa shape index (κ1) is 13.9. The number of aliphatic carboxylic acids is 1. The van der Waals surface area contributed by atoms with E-state index in [4.69, 9.17) is 14.6 Å². The molecule has 1 unspecified atom stereocenters. The van der Waals surface area contributed by atoms with Crippen molar-refractivity contribution in [3.8, 4) is 0 Å². The van der Waals surface area contributed by atoms with Crippen molar-refractivity contribution in [3.05, 3.63) is 0 Å². The van der Waals surface area contributed by atoms with Gasteiger partial charge in [-0.15, -0.1) is 0 Å². The van der Waals surface area contributed by atoms with E-state index in [1.807, 2.05) is 6.92 Å². The number of methoxy groups -OCH3 is 1. The molecule has 0 bridgehead atoms. The summed E-state index contributed by atoms with van der Waals surface area (Å²) in [4.78, 5) is 22.0. The second-order valence-electron chi connectivity index (χ2n) is 3.19. The molecule has 5 heteroatoms. The minimum atomic E-state index is -1.16. The molecule has 15 heavy (non-hydrogen) atoms. The lowest BCUT2D eigenvalue weighted by Gasteiger charge is -2.11. The number of esters is 1. The van der Waals surface area contributed by atoms with E-state index in [1.54, 1.807) is 0 Å². The third kappa shape index (κ3) is 6.06. The summed E-state index contributed by atoms with van der Waals surface area (Å²) in [5.74, 6) is -2.94. The van der Waals surface area contributed by atoms with E-state index in [0.29, 0.717) is 0 Å². The molecule has 0 aromatic carbocycles. The Kier molecular flexibility index (Phi) is 7.62. The Balaban J connectivity index is 3.99. The molecule has 0 saturated heterocycles. The van der Waals surface area contributed by atoms with Crippen molar-refractivity contribution in [1.82, 2.24) is 0 Å². The summed E-state index contributed by atoms with van der Waals surface area (Å²) in [6.45, 7) is 2.49. The highest BCUT2D eigenvalue weighted by Crippen LogP contribution is 2.07. The first-order valence-electron chi connectivity index (χ1n) is 5.01. The van der Waals surface area contributed by atoms with E-state index in [-0.39, 0.29) is 19.6 Å². The number of ether oxygens (including phenoxy) is 2. The highest BCUT2D eigenvalue weighted by atomic mass is 16.5. The van der Waals surface area contributed by atoms with Gasteiger partial charge in [0.15, 0.2) is 5.92 Å². The Labute approximate surface area is 89.4 Å². The van der Waals surface area contributed by atoms with Crippen molar-refractivity contribution in [2.45, 2.75) is 26.2 Å². The van der Waals surface area contributed by atoms with Gasteiger partial charge in [-0.3, -0.25) is 9.59 Å². The monoisotopic (exact) mass is 218 g/mol. The number of carboxylic acid groups (broad SMARTS) is 1. The Bertz CT molecular complexity index is 202. The normalized spacial score (nSPS) is 12.1. The fourth-order valence-electron chi connectivity index (χ4n) is 0.996. The van der Waals surface area contributed by atoms with E-state index in [0.717, 1.165) is 12.8 Å². The number of unbranched alkanes of at least 4 members (excludes halogenated alkanes) is 1. The molecular formula is C10H18O5. The van der Waals surface area contributed by atoms with E-state index in [1.165, 1.54) is 7.11 Å². The Hall–Kier alpha value is -1.10. The van der Waals surface area contributed by atoms with E-state index in [9.17, 15) is 9.59 Å². The molecule has 88 valence electrons. The molecule has 0 fully saturated rings. The highest BCUT2D eigenvalue weighted by Gasteiger charge is 2.27. The van der Waals surface area contributed by atoms with Crippen LogP contribution in [0.15, 0.2) is 0 Å². The van der Waals surface area contributed by atoms with Gasteiger partial charge in [-0.25, -0.2) is 0 Å². The van der Waals surface area contributed by atoms with Crippen molar-refractivity contribution in [2.24, 2.45) is 5.92 Å². The van der Waals surface area contributed by atoms with Crippen LogP contribution in [0.25, 0.3) is 0 Å². The third-order valence-electron chi connectivity index (χ3n) is 1.94. The molecule has 0 aliphatic carbocycles. The maximum atomic E-state index is 11.3. The molecule has 1 N–H and O–H groups in total. The van der Waals surface area contributed by atoms with Crippen LogP contribution in [0.4, 0.5) is 0 Å². The smallest absolute Gasteiger partial charge is 0.320 e. The van der Waals surface area contributed by atoms with E-state index < -0.39 is 17.9 Å². The molecule has 0 aromatic rings. The van der Waals surface area contributed by atoms with Crippen LogP contribution in [0.3, 0.4) is 0 Å². The van der Waals surface area contributed by atoms with Crippen molar-refractivity contribution >= 4 is 11.9 Å². The van der Waals surface area contributed by atoms with Crippen LogP contribution in [-0.4, -0.2) is 37.4 Å². The molecule has 0 heterocycles. The molecule has 1 atom stereocenters. The van der Waals surface area contributed by atoms with Crippen LogP contribution in [0, 0.1) is 5.92 Å². The predicted octanol–water partition coefficient (Wildman–Crippen LogP) is 1.07. The highest BCUT2D eigenvalue weighted by molar-refractivity contribution is 5.93. The molecule has 5 nitrogen and oxygen atoms in total. The summed E-state index contributed by atoms with van der Waals surface area (Å²) in [5.41, 5.74) is 0. The summed E-state index contributed by atoms with van der Waals surface area (Å²) < 4.78 is 9.55. The maximum absolute atomic E-state index is 11.3. The van der Waals surface area contributed by atoms with Gasteiger partial charge in [0.2, 0.25) is 0 Å². The van der Waals surface area contributed by atoms with Gasteiger partial charge in [-0.05, 0) is 12.8 Å². The Morgan fingerprint density at radius 3 is 2.47 bits per heavy atom. The largest absolute Gasteiger partial charge is 0.481 e. The van der Waals surface area contributed by atoms with Gasteiger partial charge in [0.1, 0.15) is 0 Å². The van der Waals surface area contributed by atoms with Crippen LogP contribution < -0.4 is 0 Å². The zero-order valence-electron chi connectivity index (χ0n) is 9.19. The van der Waals surface area contributed by atoms with Gasteiger partial charge in [-0.2, -0.15) is 0 Å². The third-order valence-corrected chi connectivity index (χ3v) is 1.94. The average molecular weight is 218 g/mol.